The van der Waals surface area contributed by atoms with Crippen molar-refractivity contribution < 1.29 is 4.79 Å². The van der Waals surface area contributed by atoms with Gasteiger partial charge in [0.2, 0.25) is 5.91 Å². The normalized spacial score (nSPS) is 20.4. The maximum absolute atomic E-state index is 12.1. The van der Waals surface area contributed by atoms with E-state index in [1.807, 2.05) is 11.9 Å². The minimum Gasteiger partial charge on any atom is -0.345 e. The summed E-state index contributed by atoms with van der Waals surface area (Å²) in [4.78, 5) is 14.0. The largest absolute Gasteiger partial charge is 0.345 e. The molecule has 1 aliphatic carbocycles. The Morgan fingerprint density at radius 2 is 2.00 bits per heavy atom. The van der Waals surface area contributed by atoms with Gasteiger partial charge in [0.1, 0.15) is 0 Å². The first-order valence-corrected chi connectivity index (χ1v) is 6.38. The number of nitrogens with zero attached hydrogens (tertiary/aromatic N) is 1. The van der Waals surface area contributed by atoms with Gasteiger partial charge >= 0.3 is 0 Å². The summed E-state index contributed by atoms with van der Waals surface area (Å²) in [6.07, 6.45) is 4.19. The molecule has 0 spiro atoms. The van der Waals surface area contributed by atoms with Crippen molar-refractivity contribution in [3.8, 4) is 0 Å². The zero-order chi connectivity index (χ0) is 12.3. The number of rotatable bonds is 5. The summed E-state index contributed by atoms with van der Waals surface area (Å²) in [5.41, 5.74) is 5.91. The summed E-state index contributed by atoms with van der Waals surface area (Å²) in [5.74, 6) is 0.789. The summed E-state index contributed by atoms with van der Waals surface area (Å²) < 4.78 is 0. The summed E-state index contributed by atoms with van der Waals surface area (Å²) in [6.45, 7) is 7.12. The Labute approximate surface area is 99.4 Å². The Kier molecular flexibility index (Phi) is 4.36. The van der Waals surface area contributed by atoms with Crippen LogP contribution in [-0.2, 0) is 4.79 Å². The molecule has 16 heavy (non-hydrogen) atoms. The molecule has 1 rings (SSSR count). The Balaban J connectivity index is 2.35. The maximum Gasteiger partial charge on any atom is 0.228 e. The van der Waals surface area contributed by atoms with Crippen molar-refractivity contribution in [1.29, 1.82) is 0 Å². The topological polar surface area (TPSA) is 46.3 Å². The van der Waals surface area contributed by atoms with Crippen LogP contribution in [0.3, 0.4) is 0 Å². The molecule has 1 amide bonds. The molecule has 1 saturated carbocycles. The second kappa shape index (κ2) is 5.17. The number of carbonyl (C=O) groups is 1. The third-order valence-corrected chi connectivity index (χ3v) is 3.97. The second-order valence-electron chi connectivity index (χ2n) is 5.84. The average molecular weight is 226 g/mol. The van der Waals surface area contributed by atoms with E-state index in [4.69, 9.17) is 5.73 Å². The van der Waals surface area contributed by atoms with Crippen LogP contribution in [0.25, 0.3) is 0 Å². The maximum atomic E-state index is 12.1. The van der Waals surface area contributed by atoms with Gasteiger partial charge in [0, 0.05) is 25.0 Å². The monoisotopic (exact) mass is 226 g/mol. The van der Waals surface area contributed by atoms with Crippen LogP contribution in [0.15, 0.2) is 0 Å². The molecular formula is C13H26N2O. The standard InChI is InChI=1S/C13H26N2O/c1-10(2)11(14)6-9-15(4)12(16)13(3)7-5-8-13/h10-11H,5-9,14H2,1-4H3. The van der Waals surface area contributed by atoms with Crippen LogP contribution in [0, 0.1) is 11.3 Å². The van der Waals surface area contributed by atoms with Gasteiger partial charge in [-0.1, -0.05) is 27.2 Å². The molecule has 1 fully saturated rings. The lowest BCUT2D eigenvalue weighted by Gasteiger charge is -2.39. The fraction of sp³-hybridized carbons (Fsp3) is 0.923. The van der Waals surface area contributed by atoms with Gasteiger partial charge < -0.3 is 10.6 Å². The van der Waals surface area contributed by atoms with Crippen LogP contribution in [0.5, 0.6) is 0 Å². The van der Waals surface area contributed by atoms with Crippen LogP contribution >= 0.6 is 0 Å². The quantitative estimate of drug-likeness (QED) is 0.779. The van der Waals surface area contributed by atoms with Gasteiger partial charge in [-0.2, -0.15) is 0 Å². The van der Waals surface area contributed by atoms with E-state index in [1.54, 1.807) is 0 Å². The molecule has 94 valence electrons. The molecule has 1 aliphatic rings. The molecule has 0 radical (unpaired) electrons. The predicted octanol–water partition coefficient (Wildman–Crippen LogP) is 2.01. The molecule has 0 aliphatic heterocycles. The molecule has 1 atom stereocenters. The minimum absolute atomic E-state index is 0.0727. The van der Waals surface area contributed by atoms with Gasteiger partial charge in [0.25, 0.3) is 0 Å². The van der Waals surface area contributed by atoms with Crippen LogP contribution in [-0.4, -0.2) is 30.4 Å². The van der Waals surface area contributed by atoms with Gasteiger partial charge in [0.15, 0.2) is 0 Å². The zero-order valence-electron chi connectivity index (χ0n) is 11.1. The van der Waals surface area contributed by atoms with Gasteiger partial charge in [-0.3, -0.25) is 4.79 Å². The number of hydrogen-bond donors (Lipinski definition) is 1. The first kappa shape index (κ1) is 13.5. The van der Waals surface area contributed by atoms with E-state index >= 15 is 0 Å². The fourth-order valence-electron chi connectivity index (χ4n) is 2.16. The van der Waals surface area contributed by atoms with Gasteiger partial charge in [-0.05, 0) is 25.2 Å². The second-order valence-corrected chi connectivity index (χ2v) is 5.84. The molecule has 0 saturated heterocycles. The van der Waals surface area contributed by atoms with E-state index in [0.717, 1.165) is 25.8 Å². The average Bonchev–Trinajstić information content (AvgIpc) is 2.20. The van der Waals surface area contributed by atoms with Gasteiger partial charge in [-0.15, -0.1) is 0 Å². The molecule has 0 aromatic carbocycles. The highest BCUT2D eigenvalue weighted by Crippen LogP contribution is 2.41. The molecular weight excluding hydrogens is 200 g/mol. The molecule has 2 N–H and O–H groups in total. The van der Waals surface area contributed by atoms with E-state index in [0.29, 0.717) is 11.8 Å². The van der Waals surface area contributed by atoms with Crippen LogP contribution < -0.4 is 5.73 Å². The van der Waals surface area contributed by atoms with Crippen LogP contribution in [0.4, 0.5) is 0 Å². The third kappa shape index (κ3) is 2.97. The van der Waals surface area contributed by atoms with Crippen LogP contribution in [0.2, 0.25) is 0 Å². The fourth-order valence-corrected chi connectivity index (χ4v) is 2.16. The number of nitrogens with two attached hydrogens (primary N) is 1. The van der Waals surface area contributed by atoms with Crippen molar-refractivity contribution >= 4 is 5.91 Å². The SMILES string of the molecule is CC(C)C(N)CCN(C)C(=O)C1(C)CCC1. The van der Waals surface area contributed by atoms with E-state index in [9.17, 15) is 4.79 Å². The van der Waals surface area contributed by atoms with Crippen LogP contribution in [0.1, 0.15) is 46.5 Å². The molecule has 0 aromatic rings. The number of carbonyl (C=O) groups excluding carboxylic acids is 1. The van der Waals surface area contributed by atoms with E-state index in [1.165, 1.54) is 6.42 Å². The number of hydrogen-bond acceptors (Lipinski definition) is 2. The lowest BCUT2D eigenvalue weighted by molar-refractivity contribution is -0.144. The van der Waals surface area contributed by atoms with Gasteiger partial charge in [-0.25, -0.2) is 0 Å². The molecule has 0 heterocycles. The molecule has 3 nitrogen and oxygen atoms in total. The third-order valence-electron chi connectivity index (χ3n) is 3.97. The van der Waals surface area contributed by atoms with Crippen molar-refractivity contribution in [2.45, 2.75) is 52.5 Å². The summed E-state index contributed by atoms with van der Waals surface area (Å²) in [7, 11) is 1.90. The Morgan fingerprint density at radius 1 is 1.44 bits per heavy atom. The van der Waals surface area contributed by atoms with Crippen molar-refractivity contribution in [3.63, 3.8) is 0 Å². The highest BCUT2D eigenvalue weighted by atomic mass is 16.2. The smallest absolute Gasteiger partial charge is 0.228 e. The van der Waals surface area contributed by atoms with Crippen molar-refractivity contribution in [3.05, 3.63) is 0 Å². The Bertz CT molecular complexity index is 246. The Hall–Kier alpha value is -0.570. The lowest BCUT2D eigenvalue weighted by Crippen LogP contribution is -2.45. The first-order valence-electron chi connectivity index (χ1n) is 6.38. The van der Waals surface area contributed by atoms with Crippen molar-refractivity contribution in [2.75, 3.05) is 13.6 Å². The molecule has 3 heteroatoms. The highest BCUT2D eigenvalue weighted by molar-refractivity contribution is 5.82. The highest BCUT2D eigenvalue weighted by Gasteiger charge is 2.40. The first-order chi connectivity index (χ1) is 7.37. The minimum atomic E-state index is -0.0727. The molecule has 1 unspecified atom stereocenters. The molecule has 0 aromatic heterocycles. The zero-order valence-corrected chi connectivity index (χ0v) is 11.1. The predicted molar refractivity (Wildman–Crippen MR) is 67.0 cm³/mol. The van der Waals surface area contributed by atoms with E-state index in [-0.39, 0.29) is 11.5 Å². The number of amides is 1. The summed E-state index contributed by atoms with van der Waals surface area (Å²) in [5, 5.41) is 0. The lowest BCUT2D eigenvalue weighted by atomic mass is 9.69. The Morgan fingerprint density at radius 3 is 2.38 bits per heavy atom. The van der Waals surface area contributed by atoms with Crippen molar-refractivity contribution in [2.24, 2.45) is 17.1 Å². The van der Waals surface area contributed by atoms with Crippen molar-refractivity contribution in [1.82, 2.24) is 4.90 Å². The summed E-state index contributed by atoms with van der Waals surface area (Å²) in [6, 6.07) is 0.199. The van der Waals surface area contributed by atoms with E-state index < -0.39 is 0 Å². The summed E-state index contributed by atoms with van der Waals surface area (Å²) >= 11 is 0. The van der Waals surface area contributed by atoms with Gasteiger partial charge in [0.05, 0.1) is 0 Å². The molecule has 0 bridgehead atoms. The van der Waals surface area contributed by atoms with E-state index in [2.05, 4.69) is 20.8 Å².